The van der Waals surface area contributed by atoms with Crippen molar-refractivity contribution in [2.75, 3.05) is 7.11 Å². The van der Waals surface area contributed by atoms with E-state index in [1.165, 1.54) is 7.11 Å². The van der Waals surface area contributed by atoms with E-state index in [4.69, 9.17) is 21.1 Å². The molecule has 0 radical (unpaired) electrons. The second-order valence-electron chi connectivity index (χ2n) is 5.68. The molecule has 0 aliphatic carbocycles. The van der Waals surface area contributed by atoms with Crippen LogP contribution >= 0.6 is 11.6 Å². The molecule has 0 heterocycles. The number of methoxy groups -OCH3 is 1. The Kier molecular flexibility index (Phi) is 6.42. The van der Waals surface area contributed by atoms with Gasteiger partial charge in [0, 0.05) is 10.6 Å². The summed E-state index contributed by atoms with van der Waals surface area (Å²) in [6.07, 6.45) is 0.0125. The molecule has 132 valence electrons. The molecule has 0 spiro atoms. The standard InChI is InChI=1S/C19H21ClN2O3/c1-12(2)25-17-9-8-15(11-18(17)24-4)19(23)22-21-13(3)14-6-5-7-16(20)10-14/h5-12H,1-4H3,(H,22,23)/b21-13+. The highest BCUT2D eigenvalue weighted by atomic mass is 35.5. The van der Waals surface area contributed by atoms with Crippen molar-refractivity contribution in [1.82, 2.24) is 5.43 Å². The Morgan fingerprint density at radius 3 is 2.52 bits per heavy atom. The average Bonchev–Trinajstić information content (AvgIpc) is 2.59. The van der Waals surface area contributed by atoms with Crippen molar-refractivity contribution in [2.45, 2.75) is 26.9 Å². The van der Waals surface area contributed by atoms with Gasteiger partial charge in [0.05, 0.1) is 18.9 Å². The van der Waals surface area contributed by atoms with Crippen LogP contribution in [0.2, 0.25) is 5.02 Å². The molecular formula is C19H21ClN2O3. The third-order valence-electron chi connectivity index (χ3n) is 3.36. The van der Waals surface area contributed by atoms with Gasteiger partial charge in [-0.3, -0.25) is 4.79 Å². The van der Waals surface area contributed by atoms with Crippen molar-refractivity contribution in [3.63, 3.8) is 0 Å². The van der Waals surface area contributed by atoms with Gasteiger partial charge in [0.25, 0.3) is 5.91 Å². The van der Waals surface area contributed by atoms with Crippen LogP contribution in [0.4, 0.5) is 0 Å². The van der Waals surface area contributed by atoms with Crippen molar-refractivity contribution < 1.29 is 14.3 Å². The van der Waals surface area contributed by atoms with Crippen LogP contribution in [0.3, 0.4) is 0 Å². The molecule has 0 saturated carbocycles. The van der Waals surface area contributed by atoms with Crippen LogP contribution in [0.25, 0.3) is 0 Å². The predicted octanol–water partition coefficient (Wildman–Crippen LogP) is 4.29. The maximum atomic E-state index is 12.3. The highest BCUT2D eigenvalue weighted by Gasteiger charge is 2.12. The van der Waals surface area contributed by atoms with Gasteiger partial charge in [-0.2, -0.15) is 5.10 Å². The summed E-state index contributed by atoms with van der Waals surface area (Å²) in [5.74, 6) is 0.750. The summed E-state index contributed by atoms with van der Waals surface area (Å²) >= 11 is 5.96. The maximum Gasteiger partial charge on any atom is 0.271 e. The quantitative estimate of drug-likeness (QED) is 0.617. The zero-order valence-electron chi connectivity index (χ0n) is 14.7. The van der Waals surface area contributed by atoms with Crippen LogP contribution in [0.5, 0.6) is 11.5 Å². The smallest absolute Gasteiger partial charge is 0.271 e. The number of rotatable bonds is 6. The minimum atomic E-state index is -0.337. The molecule has 2 rings (SSSR count). The Morgan fingerprint density at radius 1 is 1.12 bits per heavy atom. The molecule has 0 unspecified atom stereocenters. The van der Waals surface area contributed by atoms with Gasteiger partial charge in [-0.25, -0.2) is 5.43 Å². The summed E-state index contributed by atoms with van der Waals surface area (Å²) in [5, 5.41) is 4.74. The van der Waals surface area contributed by atoms with Crippen molar-refractivity contribution in [3.8, 4) is 11.5 Å². The van der Waals surface area contributed by atoms with E-state index in [2.05, 4.69) is 10.5 Å². The molecule has 0 fully saturated rings. The van der Waals surface area contributed by atoms with Gasteiger partial charge < -0.3 is 9.47 Å². The molecule has 0 aliphatic rings. The highest BCUT2D eigenvalue weighted by molar-refractivity contribution is 6.31. The maximum absolute atomic E-state index is 12.3. The number of hydrogen-bond donors (Lipinski definition) is 1. The van der Waals surface area contributed by atoms with E-state index in [9.17, 15) is 4.79 Å². The molecule has 6 heteroatoms. The molecule has 0 bridgehead atoms. The summed E-state index contributed by atoms with van der Waals surface area (Å²) in [6, 6.07) is 12.3. The van der Waals surface area contributed by atoms with Gasteiger partial charge in [-0.1, -0.05) is 23.7 Å². The Bertz CT molecular complexity index is 788. The molecule has 5 nitrogen and oxygen atoms in total. The number of hydrogen-bond acceptors (Lipinski definition) is 4. The lowest BCUT2D eigenvalue weighted by Crippen LogP contribution is -2.19. The highest BCUT2D eigenvalue weighted by Crippen LogP contribution is 2.28. The first-order valence-electron chi connectivity index (χ1n) is 7.86. The fourth-order valence-corrected chi connectivity index (χ4v) is 2.33. The molecule has 25 heavy (non-hydrogen) atoms. The van der Waals surface area contributed by atoms with E-state index >= 15 is 0 Å². The van der Waals surface area contributed by atoms with Crippen molar-refractivity contribution in [1.29, 1.82) is 0 Å². The molecule has 1 N–H and O–H groups in total. The predicted molar refractivity (Wildman–Crippen MR) is 99.9 cm³/mol. The SMILES string of the molecule is COc1cc(C(=O)N/N=C(\C)c2cccc(Cl)c2)ccc1OC(C)C. The minimum absolute atomic E-state index is 0.0125. The van der Waals surface area contributed by atoms with Crippen LogP contribution < -0.4 is 14.9 Å². The lowest BCUT2D eigenvalue weighted by molar-refractivity contribution is 0.0954. The first-order valence-corrected chi connectivity index (χ1v) is 8.23. The average molecular weight is 361 g/mol. The van der Waals surface area contributed by atoms with Gasteiger partial charge in [-0.15, -0.1) is 0 Å². The van der Waals surface area contributed by atoms with Crippen LogP contribution in [0.1, 0.15) is 36.7 Å². The second-order valence-corrected chi connectivity index (χ2v) is 6.12. The summed E-state index contributed by atoms with van der Waals surface area (Å²) < 4.78 is 10.9. The summed E-state index contributed by atoms with van der Waals surface area (Å²) in [7, 11) is 1.53. The van der Waals surface area contributed by atoms with Gasteiger partial charge in [-0.05, 0) is 56.7 Å². The van der Waals surface area contributed by atoms with E-state index in [1.807, 2.05) is 26.0 Å². The zero-order valence-corrected chi connectivity index (χ0v) is 15.4. The number of hydrazone groups is 1. The number of benzene rings is 2. The third-order valence-corrected chi connectivity index (χ3v) is 3.59. The monoisotopic (exact) mass is 360 g/mol. The van der Waals surface area contributed by atoms with Crippen LogP contribution in [-0.4, -0.2) is 24.8 Å². The van der Waals surface area contributed by atoms with Crippen LogP contribution in [-0.2, 0) is 0 Å². The van der Waals surface area contributed by atoms with E-state index in [-0.39, 0.29) is 12.0 Å². The third kappa shape index (κ3) is 5.22. The Hall–Kier alpha value is -2.53. The topological polar surface area (TPSA) is 59.9 Å². The van der Waals surface area contributed by atoms with E-state index in [0.29, 0.717) is 27.8 Å². The summed E-state index contributed by atoms with van der Waals surface area (Å²) in [5.41, 5.74) is 4.46. The molecule has 2 aromatic rings. The number of carbonyl (C=O) groups is 1. The zero-order chi connectivity index (χ0) is 18.4. The molecule has 2 aromatic carbocycles. The molecule has 0 aliphatic heterocycles. The van der Waals surface area contributed by atoms with Gasteiger partial charge in [0.2, 0.25) is 0 Å². The summed E-state index contributed by atoms with van der Waals surface area (Å²) in [4.78, 5) is 12.3. The van der Waals surface area contributed by atoms with Gasteiger partial charge >= 0.3 is 0 Å². The van der Waals surface area contributed by atoms with Crippen molar-refractivity contribution >= 4 is 23.2 Å². The molecule has 0 aromatic heterocycles. The number of halogens is 1. The van der Waals surface area contributed by atoms with E-state index in [0.717, 1.165) is 5.56 Å². The number of nitrogens with zero attached hydrogens (tertiary/aromatic N) is 1. The fourth-order valence-electron chi connectivity index (χ4n) is 2.14. The minimum Gasteiger partial charge on any atom is -0.493 e. The lowest BCUT2D eigenvalue weighted by Gasteiger charge is -2.14. The number of amides is 1. The van der Waals surface area contributed by atoms with Crippen LogP contribution in [0, 0.1) is 0 Å². The van der Waals surface area contributed by atoms with Gasteiger partial charge in [0.15, 0.2) is 11.5 Å². The van der Waals surface area contributed by atoms with Crippen LogP contribution in [0.15, 0.2) is 47.6 Å². The number of ether oxygens (including phenoxy) is 2. The largest absolute Gasteiger partial charge is 0.493 e. The Balaban J connectivity index is 2.14. The normalized spacial score (nSPS) is 11.4. The first kappa shape index (κ1) is 18.8. The summed E-state index contributed by atoms with van der Waals surface area (Å²) in [6.45, 7) is 5.65. The van der Waals surface area contributed by atoms with Crippen molar-refractivity contribution in [2.24, 2.45) is 5.10 Å². The fraction of sp³-hybridized carbons (Fsp3) is 0.263. The van der Waals surface area contributed by atoms with E-state index < -0.39 is 0 Å². The molecule has 1 amide bonds. The second kappa shape index (κ2) is 8.53. The molecular weight excluding hydrogens is 340 g/mol. The number of nitrogens with one attached hydrogen (secondary N) is 1. The lowest BCUT2D eigenvalue weighted by atomic mass is 10.1. The number of carbonyl (C=O) groups excluding carboxylic acids is 1. The Labute approximate surface area is 152 Å². The Morgan fingerprint density at radius 2 is 1.88 bits per heavy atom. The van der Waals surface area contributed by atoms with Gasteiger partial charge in [0.1, 0.15) is 0 Å². The molecule has 0 saturated heterocycles. The molecule has 0 atom stereocenters. The van der Waals surface area contributed by atoms with E-state index in [1.54, 1.807) is 37.3 Å². The first-order chi connectivity index (χ1) is 11.9. The van der Waals surface area contributed by atoms with Crippen molar-refractivity contribution in [3.05, 3.63) is 58.6 Å².